The molecule has 0 atom stereocenters. The van der Waals surface area contributed by atoms with E-state index < -0.39 is 10.8 Å². The second-order valence-electron chi connectivity index (χ2n) is 5.87. The smallest absolute Gasteiger partial charge is 0.284 e. The fraction of sp³-hybridized carbons (Fsp3) is 0.105. The fourth-order valence-corrected chi connectivity index (χ4v) is 4.79. The van der Waals surface area contributed by atoms with Gasteiger partial charge in [-0.1, -0.05) is 42.1 Å². The maximum Gasteiger partial charge on any atom is 0.284 e. The van der Waals surface area contributed by atoms with Crippen molar-refractivity contribution in [3.63, 3.8) is 0 Å². The zero-order chi connectivity index (χ0) is 20.3. The van der Waals surface area contributed by atoms with E-state index in [1.165, 1.54) is 17.4 Å². The average molecular weight is 413 g/mol. The van der Waals surface area contributed by atoms with Gasteiger partial charge in [-0.2, -0.15) is 0 Å². The number of primary amides is 1. The molecule has 0 aliphatic rings. The van der Waals surface area contributed by atoms with Gasteiger partial charge in [-0.15, -0.1) is 11.3 Å². The van der Waals surface area contributed by atoms with Crippen molar-refractivity contribution in [2.45, 2.75) is 22.6 Å². The molecule has 1 aromatic heterocycles. The molecule has 28 heavy (non-hydrogen) atoms. The molecule has 142 valence electrons. The van der Waals surface area contributed by atoms with Crippen LogP contribution < -0.4 is 5.73 Å². The number of hydrogen-bond acceptors (Lipinski definition) is 7. The maximum atomic E-state index is 12.6. The van der Waals surface area contributed by atoms with Crippen molar-refractivity contribution in [3.8, 4) is 0 Å². The number of nitro benzene ring substituents is 1. The van der Waals surface area contributed by atoms with E-state index in [0.717, 1.165) is 16.6 Å². The highest BCUT2D eigenvalue weighted by Crippen LogP contribution is 2.38. The van der Waals surface area contributed by atoms with Gasteiger partial charge in [0.25, 0.3) is 5.69 Å². The third-order valence-corrected chi connectivity index (χ3v) is 6.14. The van der Waals surface area contributed by atoms with Gasteiger partial charge >= 0.3 is 0 Å². The molecule has 1 amide bonds. The van der Waals surface area contributed by atoms with Gasteiger partial charge in [-0.3, -0.25) is 19.7 Å². The van der Waals surface area contributed by atoms with Crippen LogP contribution in [0.4, 0.5) is 5.69 Å². The van der Waals surface area contributed by atoms with Crippen LogP contribution in [0, 0.1) is 17.0 Å². The summed E-state index contributed by atoms with van der Waals surface area (Å²) in [5, 5.41) is 11.5. The van der Waals surface area contributed by atoms with Crippen LogP contribution in [-0.2, 0) is 11.2 Å². The predicted molar refractivity (Wildman–Crippen MR) is 107 cm³/mol. The van der Waals surface area contributed by atoms with E-state index >= 15 is 0 Å². The fourth-order valence-electron chi connectivity index (χ4n) is 2.51. The first-order valence-electron chi connectivity index (χ1n) is 8.16. The molecule has 0 radical (unpaired) electrons. The topological polar surface area (TPSA) is 116 Å². The number of nitro groups is 1. The van der Waals surface area contributed by atoms with Crippen molar-refractivity contribution < 1.29 is 14.5 Å². The number of aryl methyl sites for hydroxylation is 1. The number of amides is 1. The molecule has 3 rings (SSSR count). The Morgan fingerprint density at radius 2 is 1.89 bits per heavy atom. The van der Waals surface area contributed by atoms with Crippen LogP contribution in [-0.4, -0.2) is 21.6 Å². The number of carbonyl (C=O) groups is 2. The molecule has 0 aliphatic carbocycles. The van der Waals surface area contributed by atoms with Crippen molar-refractivity contribution >= 4 is 40.5 Å². The summed E-state index contributed by atoms with van der Waals surface area (Å²) < 4.78 is 0.569. The second kappa shape index (κ2) is 8.32. The van der Waals surface area contributed by atoms with E-state index in [1.807, 2.05) is 0 Å². The zero-order valence-corrected chi connectivity index (χ0v) is 16.4. The molecule has 2 N–H and O–H groups in total. The van der Waals surface area contributed by atoms with Gasteiger partial charge in [-0.25, -0.2) is 4.98 Å². The highest BCUT2D eigenvalue weighted by Gasteiger charge is 2.21. The van der Waals surface area contributed by atoms with Gasteiger partial charge in [0.15, 0.2) is 10.1 Å². The van der Waals surface area contributed by atoms with Crippen molar-refractivity contribution in [1.82, 2.24) is 4.98 Å². The molecule has 7 nitrogen and oxygen atoms in total. The van der Waals surface area contributed by atoms with Gasteiger partial charge < -0.3 is 5.73 Å². The lowest BCUT2D eigenvalue weighted by atomic mass is 10.0. The molecule has 0 fully saturated rings. The maximum absolute atomic E-state index is 12.6. The van der Waals surface area contributed by atoms with E-state index in [1.54, 1.807) is 49.4 Å². The summed E-state index contributed by atoms with van der Waals surface area (Å²) in [5.74, 6) is -0.743. The van der Waals surface area contributed by atoms with Crippen molar-refractivity contribution in [1.29, 1.82) is 0 Å². The molecule has 0 saturated heterocycles. The van der Waals surface area contributed by atoms with E-state index in [9.17, 15) is 19.7 Å². The Morgan fingerprint density at radius 1 is 1.18 bits per heavy atom. The van der Waals surface area contributed by atoms with Crippen molar-refractivity contribution in [2.75, 3.05) is 0 Å². The molecule has 0 spiro atoms. The Labute approximate surface area is 168 Å². The Balaban J connectivity index is 1.91. The Kier molecular flexibility index (Phi) is 5.86. The predicted octanol–water partition coefficient (Wildman–Crippen LogP) is 3.77. The molecule has 9 heteroatoms. The first-order chi connectivity index (χ1) is 13.3. The standard InChI is InChI=1S/C19H15N3O4S2/c1-11-16(10-17(20)23)28-19(21-11)27-15-8-7-13(9-14(15)22(25)26)18(24)12-5-3-2-4-6-12/h2-9H,10H2,1H3,(H2,20,23). The van der Waals surface area contributed by atoms with Gasteiger partial charge in [-0.05, 0) is 19.1 Å². The minimum absolute atomic E-state index is 0.0800. The molecule has 2 aromatic carbocycles. The van der Waals surface area contributed by atoms with Crippen LogP contribution in [0.2, 0.25) is 0 Å². The third kappa shape index (κ3) is 4.44. The summed E-state index contributed by atoms with van der Waals surface area (Å²) in [7, 11) is 0. The van der Waals surface area contributed by atoms with E-state index in [4.69, 9.17) is 5.73 Å². The quantitative estimate of drug-likeness (QED) is 0.358. The third-order valence-electron chi connectivity index (χ3n) is 3.86. The summed E-state index contributed by atoms with van der Waals surface area (Å²) in [6, 6.07) is 13.0. The van der Waals surface area contributed by atoms with Gasteiger partial charge in [0.05, 0.1) is 21.9 Å². The Bertz CT molecular complexity index is 1060. The summed E-state index contributed by atoms with van der Waals surface area (Å²) in [5.41, 5.74) is 6.43. The number of aromatic nitrogens is 1. The lowest BCUT2D eigenvalue weighted by Gasteiger charge is -2.04. The number of thiazole rings is 1. The lowest BCUT2D eigenvalue weighted by molar-refractivity contribution is -0.387. The minimum Gasteiger partial charge on any atom is -0.369 e. The zero-order valence-electron chi connectivity index (χ0n) is 14.7. The molecule has 0 saturated carbocycles. The number of benzene rings is 2. The summed E-state index contributed by atoms with van der Waals surface area (Å²) in [6.45, 7) is 1.76. The average Bonchev–Trinajstić information content (AvgIpc) is 3.00. The van der Waals surface area contributed by atoms with Gasteiger partial charge in [0, 0.05) is 22.1 Å². The first kappa shape index (κ1) is 19.7. The normalized spacial score (nSPS) is 10.6. The monoisotopic (exact) mass is 413 g/mol. The second-order valence-corrected chi connectivity index (χ2v) is 8.24. The van der Waals surface area contributed by atoms with E-state index in [0.29, 0.717) is 20.5 Å². The molecule has 0 bridgehead atoms. The summed E-state index contributed by atoms with van der Waals surface area (Å²) >= 11 is 2.40. The summed E-state index contributed by atoms with van der Waals surface area (Å²) in [6.07, 6.45) is 0.0800. The van der Waals surface area contributed by atoms with Crippen LogP contribution in [0.1, 0.15) is 26.5 Å². The number of rotatable bonds is 7. The highest BCUT2D eigenvalue weighted by molar-refractivity contribution is 8.01. The van der Waals surface area contributed by atoms with Gasteiger partial charge in [0.1, 0.15) is 0 Å². The molecule has 0 unspecified atom stereocenters. The number of nitrogens with two attached hydrogens (primary N) is 1. The van der Waals surface area contributed by atoms with Gasteiger partial charge in [0.2, 0.25) is 5.91 Å². The first-order valence-corrected chi connectivity index (χ1v) is 9.79. The number of nitrogens with zero attached hydrogens (tertiary/aromatic N) is 2. The van der Waals surface area contributed by atoms with E-state index in [2.05, 4.69) is 4.98 Å². The molecule has 1 heterocycles. The minimum atomic E-state index is -0.519. The van der Waals surface area contributed by atoms with Crippen LogP contribution in [0.15, 0.2) is 57.8 Å². The summed E-state index contributed by atoms with van der Waals surface area (Å²) in [4.78, 5) is 40.2. The van der Waals surface area contributed by atoms with Crippen LogP contribution in [0.5, 0.6) is 0 Å². The van der Waals surface area contributed by atoms with E-state index in [-0.39, 0.29) is 23.5 Å². The Hall–Kier alpha value is -3.04. The molecular weight excluding hydrogens is 398 g/mol. The molecular formula is C19H15N3O4S2. The Morgan fingerprint density at radius 3 is 2.54 bits per heavy atom. The van der Waals surface area contributed by atoms with Crippen molar-refractivity contribution in [3.05, 3.63) is 80.3 Å². The van der Waals surface area contributed by atoms with Crippen LogP contribution in [0.25, 0.3) is 0 Å². The number of hydrogen-bond donors (Lipinski definition) is 1. The number of ketones is 1. The van der Waals surface area contributed by atoms with Crippen LogP contribution in [0.3, 0.4) is 0 Å². The molecule has 3 aromatic rings. The highest BCUT2D eigenvalue weighted by atomic mass is 32.2. The SMILES string of the molecule is Cc1nc(Sc2ccc(C(=O)c3ccccc3)cc2[N+](=O)[O-])sc1CC(N)=O. The molecule has 0 aliphatic heterocycles. The number of carbonyl (C=O) groups excluding carboxylic acids is 2. The van der Waals surface area contributed by atoms with Crippen LogP contribution >= 0.6 is 23.1 Å². The lowest BCUT2D eigenvalue weighted by Crippen LogP contribution is -2.13. The van der Waals surface area contributed by atoms with Crippen molar-refractivity contribution in [2.24, 2.45) is 5.73 Å². The largest absolute Gasteiger partial charge is 0.369 e.